The van der Waals surface area contributed by atoms with Crippen LogP contribution in [0.2, 0.25) is 0 Å². The van der Waals surface area contributed by atoms with Gasteiger partial charge in [-0.1, -0.05) is 18.2 Å². The van der Waals surface area contributed by atoms with Crippen molar-refractivity contribution in [1.29, 1.82) is 0 Å². The van der Waals surface area contributed by atoms with Gasteiger partial charge in [0.2, 0.25) is 0 Å². The number of hydrogen-bond acceptors (Lipinski definition) is 2. The van der Waals surface area contributed by atoms with Crippen LogP contribution in [0.5, 0.6) is 0 Å². The van der Waals surface area contributed by atoms with Crippen molar-refractivity contribution < 1.29 is 14.7 Å². The Morgan fingerprint density at radius 3 is 2.50 bits per heavy atom. The van der Waals surface area contributed by atoms with Crippen molar-refractivity contribution in [3.63, 3.8) is 0 Å². The number of para-hydroxylation sites is 1. The second-order valence-corrected chi connectivity index (χ2v) is 4.57. The van der Waals surface area contributed by atoms with Crippen LogP contribution in [0.3, 0.4) is 0 Å². The zero-order chi connectivity index (χ0) is 13.3. The number of likely N-dealkylation sites (tertiary alicyclic amines) is 1. The lowest BCUT2D eigenvalue weighted by atomic mass is 10.0. The van der Waals surface area contributed by atoms with Gasteiger partial charge in [0.15, 0.2) is 0 Å². The smallest absolute Gasteiger partial charge is 0.324 e. The molecule has 1 N–H and O–H groups in total. The molecule has 2 amide bonds. The molecule has 0 atom stereocenters. The number of anilines is 1. The van der Waals surface area contributed by atoms with E-state index in [0.29, 0.717) is 13.1 Å². The van der Waals surface area contributed by atoms with Gasteiger partial charge in [-0.2, -0.15) is 0 Å². The van der Waals surface area contributed by atoms with Crippen LogP contribution in [0.4, 0.5) is 10.5 Å². The molecule has 1 aromatic carbocycles. The normalized spacial score (nSPS) is 15.1. The number of carboxylic acid groups (broad SMARTS) is 1. The predicted octanol–water partition coefficient (Wildman–Crippen LogP) is 1.57. The van der Waals surface area contributed by atoms with Crippen molar-refractivity contribution in [2.24, 2.45) is 5.92 Å². The molecule has 1 aliphatic rings. The Morgan fingerprint density at radius 1 is 1.33 bits per heavy atom. The first-order valence-electron chi connectivity index (χ1n) is 5.81. The molecule has 1 heterocycles. The van der Waals surface area contributed by atoms with E-state index >= 15 is 0 Å². The number of aliphatic carboxylic acids is 1. The fourth-order valence-corrected chi connectivity index (χ4v) is 2.05. The Kier molecular flexibility index (Phi) is 3.23. The monoisotopic (exact) mass is 248 g/mol. The minimum Gasteiger partial charge on any atom is -0.481 e. The number of nitrogens with zero attached hydrogens (tertiary/aromatic N) is 2. The SMILES string of the molecule is Cc1ccccc1N(C)C(=O)N1CC(C(=O)O)C1. The maximum atomic E-state index is 12.1. The van der Waals surface area contributed by atoms with Gasteiger partial charge in [-0.3, -0.25) is 9.69 Å². The van der Waals surface area contributed by atoms with Gasteiger partial charge in [-0.25, -0.2) is 4.79 Å². The average Bonchev–Trinajstić information content (AvgIpc) is 2.26. The highest BCUT2D eigenvalue weighted by molar-refractivity contribution is 5.93. The molecule has 5 nitrogen and oxygen atoms in total. The standard InChI is InChI=1S/C13H16N2O3/c1-9-5-3-4-6-11(9)14(2)13(18)15-7-10(8-15)12(16)17/h3-6,10H,7-8H2,1-2H3,(H,16,17). The molecule has 0 aliphatic carbocycles. The van der Waals surface area contributed by atoms with E-state index in [4.69, 9.17) is 5.11 Å². The Hall–Kier alpha value is -2.04. The van der Waals surface area contributed by atoms with E-state index in [1.807, 2.05) is 31.2 Å². The third-order valence-electron chi connectivity index (χ3n) is 3.27. The van der Waals surface area contributed by atoms with Gasteiger partial charge in [0.1, 0.15) is 0 Å². The molecule has 0 spiro atoms. The number of aryl methyl sites for hydroxylation is 1. The van der Waals surface area contributed by atoms with E-state index in [9.17, 15) is 9.59 Å². The van der Waals surface area contributed by atoms with E-state index in [2.05, 4.69) is 0 Å². The van der Waals surface area contributed by atoms with Crippen molar-refractivity contribution in [2.45, 2.75) is 6.92 Å². The average molecular weight is 248 g/mol. The third kappa shape index (κ3) is 2.16. The van der Waals surface area contributed by atoms with Crippen LogP contribution in [0, 0.1) is 12.8 Å². The second kappa shape index (κ2) is 4.68. The number of hydrogen-bond donors (Lipinski definition) is 1. The van der Waals surface area contributed by atoms with Gasteiger partial charge in [0, 0.05) is 25.8 Å². The van der Waals surface area contributed by atoms with Crippen molar-refractivity contribution in [2.75, 3.05) is 25.0 Å². The number of carboxylic acids is 1. The summed E-state index contributed by atoms with van der Waals surface area (Å²) in [6, 6.07) is 7.46. The van der Waals surface area contributed by atoms with Gasteiger partial charge in [0.05, 0.1) is 5.92 Å². The van der Waals surface area contributed by atoms with Crippen LogP contribution in [0.1, 0.15) is 5.56 Å². The summed E-state index contributed by atoms with van der Waals surface area (Å²) in [6.07, 6.45) is 0. The van der Waals surface area contributed by atoms with Crippen LogP contribution >= 0.6 is 0 Å². The summed E-state index contributed by atoms with van der Waals surface area (Å²) < 4.78 is 0. The number of carbonyl (C=O) groups excluding carboxylic acids is 1. The highest BCUT2D eigenvalue weighted by Gasteiger charge is 2.37. The van der Waals surface area contributed by atoms with Crippen LogP contribution < -0.4 is 4.90 Å². The summed E-state index contributed by atoms with van der Waals surface area (Å²) in [5, 5.41) is 8.78. The van der Waals surface area contributed by atoms with Gasteiger partial charge < -0.3 is 10.0 Å². The first kappa shape index (κ1) is 12.4. The summed E-state index contributed by atoms with van der Waals surface area (Å²) in [4.78, 5) is 25.9. The Balaban J connectivity index is 2.03. The van der Waals surface area contributed by atoms with Crippen molar-refractivity contribution in [1.82, 2.24) is 4.90 Å². The maximum absolute atomic E-state index is 12.1. The topological polar surface area (TPSA) is 60.9 Å². The molecule has 96 valence electrons. The van der Waals surface area contributed by atoms with Gasteiger partial charge in [-0.15, -0.1) is 0 Å². The lowest BCUT2D eigenvalue weighted by Gasteiger charge is -2.39. The van der Waals surface area contributed by atoms with Crippen LogP contribution in [0.15, 0.2) is 24.3 Å². The number of carbonyl (C=O) groups is 2. The Morgan fingerprint density at radius 2 is 1.94 bits per heavy atom. The molecule has 1 aliphatic heterocycles. The zero-order valence-electron chi connectivity index (χ0n) is 10.5. The first-order chi connectivity index (χ1) is 8.50. The van der Waals surface area contributed by atoms with Gasteiger partial charge in [-0.05, 0) is 18.6 Å². The van der Waals surface area contributed by atoms with Crippen LogP contribution in [-0.2, 0) is 4.79 Å². The van der Waals surface area contributed by atoms with Crippen molar-refractivity contribution in [3.05, 3.63) is 29.8 Å². The molecule has 1 saturated heterocycles. The van der Waals surface area contributed by atoms with E-state index in [1.165, 1.54) is 0 Å². The summed E-state index contributed by atoms with van der Waals surface area (Å²) in [7, 11) is 1.71. The molecule has 5 heteroatoms. The summed E-state index contributed by atoms with van der Waals surface area (Å²) in [6.45, 7) is 2.53. The van der Waals surface area contributed by atoms with E-state index in [0.717, 1.165) is 11.3 Å². The molecule has 0 saturated carbocycles. The predicted molar refractivity (Wildman–Crippen MR) is 67.7 cm³/mol. The summed E-state index contributed by atoms with van der Waals surface area (Å²) in [5.41, 5.74) is 1.87. The fraction of sp³-hybridized carbons (Fsp3) is 0.385. The Bertz CT molecular complexity index is 481. The second-order valence-electron chi connectivity index (χ2n) is 4.57. The van der Waals surface area contributed by atoms with E-state index < -0.39 is 11.9 Å². The molecule has 1 fully saturated rings. The molecule has 0 aromatic heterocycles. The van der Waals surface area contributed by atoms with Gasteiger partial charge >= 0.3 is 12.0 Å². The highest BCUT2D eigenvalue weighted by atomic mass is 16.4. The maximum Gasteiger partial charge on any atom is 0.324 e. The largest absolute Gasteiger partial charge is 0.481 e. The first-order valence-corrected chi connectivity index (χ1v) is 5.81. The molecule has 0 bridgehead atoms. The molecule has 18 heavy (non-hydrogen) atoms. The number of amides is 2. The third-order valence-corrected chi connectivity index (χ3v) is 3.27. The highest BCUT2D eigenvalue weighted by Crippen LogP contribution is 2.23. The molecular formula is C13H16N2O3. The van der Waals surface area contributed by atoms with Crippen molar-refractivity contribution >= 4 is 17.7 Å². The summed E-state index contributed by atoms with van der Waals surface area (Å²) >= 11 is 0. The lowest BCUT2D eigenvalue weighted by molar-refractivity contribution is -0.145. The number of rotatable bonds is 2. The van der Waals surface area contributed by atoms with E-state index in [-0.39, 0.29) is 6.03 Å². The van der Waals surface area contributed by atoms with Crippen molar-refractivity contribution in [3.8, 4) is 0 Å². The summed E-state index contributed by atoms with van der Waals surface area (Å²) in [5.74, 6) is -1.25. The Labute approximate surface area is 106 Å². The minimum absolute atomic E-state index is 0.151. The van der Waals surface area contributed by atoms with E-state index in [1.54, 1.807) is 16.8 Å². The lowest BCUT2D eigenvalue weighted by Crippen LogP contribution is -2.56. The quantitative estimate of drug-likeness (QED) is 0.864. The fourth-order valence-electron chi connectivity index (χ4n) is 2.05. The zero-order valence-corrected chi connectivity index (χ0v) is 10.5. The van der Waals surface area contributed by atoms with Crippen LogP contribution in [-0.4, -0.2) is 42.1 Å². The molecule has 0 radical (unpaired) electrons. The minimum atomic E-state index is -0.836. The molecule has 1 aromatic rings. The van der Waals surface area contributed by atoms with Gasteiger partial charge in [0.25, 0.3) is 0 Å². The molecular weight excluding hydrogens is 232 g/mol. The molecule has 2 rings (SSSR count). The number of benzene rings is 1. The molecule has 0 unspecified atom stereocenters. The van der Waals surface area contributed by atoms with Crippen LogP contribution in [0.25, 0.3) is 0 Å². The number of urea groups is 1.